The Labute approximate surface area is 77.4 Å². The molecule has 5 heavy (non-hydrogen) atoms. The largest absolute Gasteiger partial charge is 0.344 e. The second-order valence-electron chi connectivity index (χ2n) is 0. The Morgan fingerprint density at radius 1 is 1.00 bits per heavy atom. The van der Waals surface area contributed by atoms with Crippen molar-refractivity contribution >= 4 is 0 Å². The van der Waals surface area contributed by atoms with Crippen molar-refractivity contribution in [2.24, 2.45) is 0 Å². The molecule has 0 bridgehead atoms. The maximum Gasteiger partial charge on any atom is 0 e. The molecule has 3 N–H and O–H groups in total. The van der Waals surface area contributed by atoms with E-state index in [-0.39, 0.29) is 78.1 Å². The fraction of sp³-hybridized carbons (Fsp3) is 0. The van der Waals surface area contributed by atoms with Gasteiger partial charge in [-0.05, 0) is 0 Å². The van der Waals surface area contributed by atoms with E-state index in [1.165, 1.54) is 0 Å². The summed E-state index contributed by atoms with van der Waals surface area (Å²) in [5, 5.41) is 0. The van der Waals surface area contributed by atoms with Crippen LogP contribution >= 0.6 is 0 Å². The fourth-order valence-corrected chi connectivity index (χ4v) is 0. The molecule has 1 nitrogen and oxygen atoms in total. The van der Waals surface area contributed by atoms with Gasteiger partial charge in [-0.1, -0.05) is 0 Å². The zero-order valence-electron chi connectivity index (χ0n) is 2.22. The second-order valence-corrected chi connectivity index (χ2v) is 0. The second kappa shape index (κ2) is 34.7. The van der Waals surface area contributed by atoms with Crippen LogP contribution in [0, 0.1) is 0 Å². The molecule has 0 spiro atoms. The molecule has 0 aromatic carbocycles. The van der Waals surface area contributed by atoms with E-state index in [4.69, 9.17) is 0 Å². The van der Waals surface area contributed by atoms with Crippen LogP contribution in [0.1, 0.15) is 0 Å². The van der Waals surface area contributed by atoms with Gasteiger partial charge in [-0.25, -0.2) is 0 Å². The van der Waals surface area contributed by atoms with Gasteiger partial charge in [0.15, 0.2) is 0 Å². The first kappa shape index (κ1) is 57.3. The third kappa shape index (κ3) is 22.6. The maximum atomic E-state index is 0. The molecule has 0 aromatic heterocycles. The summed E-state index contributed by atoms with van der Waals surface area (Å²) in [6.07, 6.45) is 0. The van der Waals surface area contributed by atoms with Gasteiger partial charge in [-0.3, -0.25) is 0 Å². The van der Waals surface area contributed by atoms with Crippen LogP contribution in [0.3, 0.4) is 0 Å². The third-order valence-electron chi connectivity index (χ3n) is 0. The van der Waals surface area contributed by atoms with E-state index in [9.17, 15) is 0 Å². The quantitative estimate of drug-likeness (QED) is 0.629. The van der Waals surface area contributed by atoms with Crippen molar-refractivity contribution in [2.45, 2.75) is 0 Å². The summed E-state index contributed by atoms with van der Waals surface area (Å²) < 4.78 is 0. The van der Waals surface area contributed by atoms with Gasteiger partial charge in [0.25, 0.3) is 0 Å². The molecule has 0 heterocycles. The van der Waals surface area contributed by atoms with Gasteiger partial charge in [0.2, 0.25) is 0 Å². The van der Waals surface area contributed by atoms with Crippen molar-refractivity contribution in [3.63, 3.8) is 0 Å². The van der Waals surface area contributed by atoms with Crippen LogP contribution in [0.2, 0.25) is 0 Å². The molecule has 0 atom stereocenters. The molecular formula is H3CrMnMoNNi. The molecule has 0 aromatic rings. The van der Waals surface area contributed by atoms with E-state index >= 15 is 0 Å². The first-order valence-electron chi connectivity index (χ1n) is 0. The average Bonchev–Trinajstić information content (AvgIpc) is 0. The summed E-state index contributed by atoms with van der Waals surface area (Å²) >= 11 is 0. The zero-order valence-corrected chi connectivity index (χ0v) is 7.67. The van der Waals surface area contributed by atoms with Crippen LogP contribution in [-0.4, -0.2) is 0 Å². The minimum atomic E-state index is 0. The zero-order chi connectivity index (χ0) is 0. The Morgan fingerprint density at radius 2 is 1.00 bits per heavy atom. The molecule has 0 aliphatic rings. The average molecular weight is 279 g/mol. The van der Waals surface area contributed by atoms with Crippen molar-refractivity contribution in [1.82, 2.24) is 6.15 Å². The van der Waals surface area contributed by atoms with E-state index in [1.54, 1.807) is 0 Å². The molecular weight excluding hydrogens is 276 g/mol. The van der Waals surface area contributed by atoms with Crippen molar-refractivity contribution in [3.8, 4) is 0 Å². The van der Waals surface area contributed by atoms with Crippen LogP contribution < -0.4 is 6.15 Å². The van der Waals surface area contributed by atoms with Crippen LogP contribution in [0.4, 0.5) is 0 Å². The SMILES string of the molecule is N.[Cr].[Mn].[Mo].[Ni]. The number of hydrogen-bond donors (Lipinski definition) is 1. The van der Waals surface area contributed by atoms with Gasteiger partial charge >= 0.3 is 0 Å². The van der Waals surface area contributed by atoms with Gasteiger partial charge < -0.3 is 6.15 Å². The molecule has 0 aliphatic carbocycles. The monoisotopic (exact) mass is 280 g/mol. The van der Waals surface area contributed by atoms with E-state index in [2.05, 4.69) is 0 Å². The van der Waals surface area contributed by atoms with Crippen LogP contribution in [0.15, 0.2) is 0 Å². The van der Waals surface area contributed by atoms with Crippen LogP contribution in [0.25, 0.3) is 0 Å². The molecule has 0 amide bonds. The van der Waals surface area contributed by atoms with Gasteiger partial charge in [-0.15, -0.1) is 0 Å². The Hall–Kier alpha value is 2.19. The molecule has 0 unspecified atom stereocenters. The van der Waals surface area contributed by atoms with E-state index in [0.717, 1.165) is 0 Å². The minimum absolute atomic E-state index is 0. The fourth-order valence-electron chi connectivity index (χ4n) is 0. The summed E-state index contributed by atoms with van der Waals surface area (Å²) in [5.74, 6) is 0. The first-order valence-corrected chi connectivity index (χ1v) is 0. The summed E-state index contributed by atoms with van der Waals surface area (Å²) in [5.41, 5.74) is 0. The first-order chi connectivity index (χ1) is 0. The Morgan fingerprint density at radius 3 is 1.00 bits per heavy atom. The Kier molecular flexibility index (Phi) is 398. The molecule has 37 valence electrons. The molecule has 0 rings (SSSR count). The predicted molar refractivity (Wildman–Crippen MR) is 5.02 cm³/mol. The van der Waals surface area contributed by atoms with E-state index in [1.807, 2.05) is 0 Å². The predicted octanol–water partition coefficient (Wildman–Crippen LogP) is 0.152. The minimum Gasteiger partial charge on any atom is -0.344 e. The summed E-state index contributed by atoms with van der Waals surface area (Å²) in [6, 6.07) is 0. The summed E-state index contributed by atoms with van der Waals surface area (Å²) in [4.78, 5) is 0. The maximum absolute atomic E-state index is 0. The molecule has 5 heteroatoms. The third-order valence-corrected chi connectivity index (χ3v) is 0. The van der Waals surface area contributed by atoms with Gasteiger partial charge in [0.1, 0.15) is 0 Å². The summed E-state index contributed by atoms with van der Waals surface area (Å²) in [6.45, 7) is 0. The molecule has 0 saturated heterocycles. The molecule has 0 aliphatic heterocycles. The molecule has 0 saturated carbocycles. The normalized spacial score (nSPS) is 0. The number of hydrogen-bond acceptors (Lipinski definition) is 1. The van der Waals surface area contributed by atoms with Crippen molar-refractivity contribution < 1.29 is 72.0 Å². The van der Waals surface area contributed by atoms with Crippen molar-refractivity contribution in [1.29, 1.82) is 0 Å². The van der Waals surface area contributed by atoms with E-state index < -0.39 is 0 Å². The van der Waals surface area contributed by atoms with Crippen LogP contribution in [0.5, 0.6) is 0 Å². The van der Waals surface area contributed by atoms with Crippen molar-refractivity contribution in [2.75, 3.05) is 0 Å². The summed E-state index contributed by atoms with van der Waals surface area (Å²) in [7, 11) is 0. The topological polar surface area (TPSA) is 35.0 Å². The smallest absolute Gasteiger partial charge is 0 e. The standard InChI is InChI=1S/Cr.Mn.Mo.H3N.Ni/h;;;1H3;. The molecule has 0 fully saturated rings. The van der Waals surface area contributed by atoms with Crippen LogP contribution in [-0.2, 0) is 72.0 Å². The van der Waals surface area contributed by atoms with Gasteiger partial charge in [-0.2, -0.15) is 0 Å². The van der Waals surface area contributed by atoms with Gasteiger partial charge in [0, 0.05) is 72.0 Å². The Balaban J connectivity index is 0. The van der Waals surface area contributed by atoms with E-state index in [0.29, 0.717) is 0 Å². The molecule has 1 radical (unpaired) electrons. The van der Waals surface area contributed by atoms with Crippen molar-refractivity contribution in [3.05, 3.63) is 0 Å². The Bertz CT molecular complexity index is 11.6. The van der Waals surface area contributed by atoms with Gasteiger partial charge in [0.05, 0.1) is 0 Å². The number of rotatable bonds is 0.